The van der Waals surface area contributed by atoms with Crippen LogP contribution in [0, 0.1) is 11.8 Å². The number of fused-ring (bicyclic) bond motifs is 2. The van der Waals surface area contributed by atoms with Crippen LogP contribution >= 0.6 is 0 Å². The first kappa shape index (κ1) is 25.4. The Balaban J connectivity index is 1.60. The van der Waals surface area contributed by atoms with Gasteiger partial charge in [0.15, 0.2) is 0 Å². The van der Waals surface area contributed by atoms with Gasteiger partial charge in [-0.15, -0.1) is 6.58 Å². The second-order valence-electron chi connectivity index (χ2n) is 10.1. The summed E-state index contributed by atoms with van der Waals surface area (Å²) in [5.74, 6) is -2.72. The van der Waals surface area contributed by atoms with Gasteiger partial charge in [-0.05, 0) is 49.1 Å². The highest BCUT2D eigenvalue weighted by Gasteiger charge is 2.79. The normalized spacial score (nSPS) is 30.0. The number of hydrogen-bond donors (Lipinski definition) is 1. The fraction of sp³-hybridized carbons (Fsp3) is 0.483. The first-order chi connectivity index (χ1) is 17.9. The maximum absolute atomic E-state index is 14.4. The van der Waals surface area contributed by atoms with E-state index in [1.807, 2.05) is 49.4 Å². The Hall–Kier alpha value is -3.23. The van der Waals surface area contributed by atoms with Crippen molar-refractivity contribution >= 4 is 34.2 Å². The Kier molecular flexibility index (Phi) is 6.58. The summed E-state index contributed by atoms with van der Waals surface area (Å²) in [6, 6.07) is 12.7. The van der Waals surface area contributed by atoms with Crippen LogP contribution in [0.2, 0.25) is 0 Å². The van der Waals surface area contributed by atoms with Crippen LogP contribution in [-0.2, 0) is 23.9 Å². The van der Waals surface area contributed by atoms with Gasteiger partial charge in [-0.3, -0.25) is 14.4 Å². The molecule has 37 heavy (non-hydrogen) atoms. The highest BCUT2D eigenvalue weighted by molar-refractivity contribution is 6.05. The quantitative estimate of drug-likeness (QED) is 0.415. The fourth-order valence-corrected chi connectivity index (χ4v) is 6.88. The van der Waals surface area contributed by atoms with Gasteiger partial charge in [0.1, 0.15) is 17.6 Å². The maximum Gasteiger partial charge on any atom is 0.312 e. The third-order valence-corrected chi connectivity index (χ3v) is 8.42. The predicted molar refractivity (Wildman–Crippen MR) is 139 cm³/mol. The molecule has 2 aromatic rings. The van der Waals surface area contributed by atoms with Crippen LogP contribution in [0.5, 0.6) is 0 Å². The van der Waals surface area contributed by atoms with E-state index in [-0.39, 0.29) is 38.1 Å². The number of aliphatic hydroxyl groups is 1. The van der Waals surface area contributed by atoms with E-state index < -0.39 is 35.0 Å². The molecule has 0 saturated carbocycles. The van der Waals surface area contributed by atoms with Gasteiger partial charge in [-0.25, -0.2) is 0 Å². The van der Waals surface area contributed by atoms with Crippen molar-refractivity contribution < 1.29 is 29.0 Å². The number of β-amino-alcohol motifs (C(OH)–C–C–N with tert-alkyl or cyclic N) is 1. The van der Waals surface area contributed by atoms with E-state index in [0.717, 1.165) is 10.8 Å². The van der Waals surface area contributed by atoms with E-state index in [1.165, 1.54) is 4.90 Å². The average Bonchev–Trinajstić information content (AvgIpc) is 3.51. The van der Waals surface area contributed by atoms with Crippen molar-refractivity contribution in [3.8, 4) is 0 Å². The number of benzene rings is 2. The largest absolute Gasteiger partial charge is 0.466 e. The number of esters is 1. The number of ether oxygens (including phenoxy) is 2. The standard InChI is InChI=1S/C29H34N2O6/c1-4-15-30(21-12-11-19-9-7-8-10-20(19)18-21)26(34)24-29-14-13-28(5-2,37-29)23(27(35)36-6-3)22(29)25(33)31(24)16-17-32/h4,7-12,18,22-24,32H,1,5-6,13-17H2,2-3H3/t22-,23+,24?,28-,29?/m0/s1. The zero-order chi connectivity index (χ0) is 26.4. The van der Waals surface area contributed by atoms with E-state index in [1.54, 1.807) is 17.9 Å². The van der Waals surface area contributed by atoms with E-state index in [2.05, 4.69) is 6.58 Å². The summed E-state index contributed by atoms with van der Waals surface area (Å²) < 4.78 is 12.1. The van der Waals surface area contributed by atoms with Gasteiger partial charge in [0.05, 0.1) is 24.7 Å². The van der Waals surface area contributed by atoms with Crippen LogP contribution in [0.3, 0.4) is 0 Å². The van der Waals surface area contributed by atoms with Crippen molar-refractivity contribution in [1.29, 1.82) is 0 Å². The van der Waals surface area contributed by atoms with Crippen molar-refractivity contribution in [3.63, 3.8) is 0 Å². The monoisotopic (exact) mass is 506 g/mol. The van der Waals surface area contributed by atoms with Crippen molar-refractivity contribution in [1.82, 2.24) is 4.90 Å². The molecule has 2 aromatic carbocycles. The number of rotatable bonds is 9. The minimum atomic E-state index is -1.16. The molecule has 5 atom stereocenters. The lowest BCUT2D eigenvalue weighted by Crippen LogP contribution is -2.56. The zero-order valence-electron chi connectivity index (χ0n) is 21.4. The fourth-order valence-electron chi connectivity index (χ4n) is 6.88. The van der Waals surface area contributed by atoms with Gasteiger partial charge in [0.25, 0.3) is 5.91 Å². The zero-order valence-corrected chi connectivity index (χ0v) is 21.4. The van der Waals surface area contributed by atoms with Crippen LogP contribution in [0.25, 0.3) is 10.8 Å². The molecule has 5 rings (SSSR count). The molecule has 1 N–H and O–H groups in total. The molecular formula is C29H34N2O6. The molecule has 2 unspecified atom stereocenters. The highest BCUT2D eigenvalue weighted by Crippen LogP contribution is 2.64. The summed E-state index contributed by atoms with van der Waals surface area (Å²) >= 11 is 0. The summed E-state index contributed by atoms with van der Waals surface area (Å²) in [6.45, 7) is 7.63. The summed E-state index contributed by atoms with van der Waals surface area (Å²) in [4.78, 5) is 44.5. The minimum absolute atomic E-state index is 0.0226. The van der Waals surface area contributed by atoms with Crippen molar-refractivity contribution in [3.05, 3.63) is 55.1 Å². The molecule has 0 radical (unpaired) electrons. The second kappa shape index (κ2) is 9.58. The Bertz CT molecular complexity index is 1250. The first-order valence-corrected chi connectivity index (χ1v) is 13.1. The predicted octanol–water partition coefficient (Wildman–Crippen LogP) is 3.07. The molecule has 0 aromatic heterocycles. The number of carbonyl (C=O) groups is 3. The van der Waals surface area contributed by atoms with E-state index in [0.29, 0.717) is 24.9 Å². The lowest BCUT2D eigenvalue weighted by Gasteiger charge is -2.36. The molecule has 3 aliphatic rings. The topological polar surface area (TPSA) is 96.4 Å². The number of aliphatic hydroxyl groups excluding tert-OH is 1. The Labute approximate surface area is 216 Å². The molecule has 2 amide bonds. The third kappa shape index (κ3) is 3.68. The second-order valence-corrected chi connectivity index (χ2v) is 10.1. The van der Waals surface area contributed by atoms with Gasteiger partial charge in [0.2, 0.25) is 5.91 Å². The summed E-state index contributed by atoms with van der Waals surface area (Å²) in [6.07, 6.45) is 3.22. The molecular weight excluding hydrogens is 472 g/mol. The number of nitrogens with zero attached hydrogens (tertiary/aromatic N) is 2. The number of carbonyl (C=O) groups excluding carboxylic acids is 3. The van der Waals surface area contributed by atoms with Crippen LogP contribution in [0.1, 0.15) is 33.1 Å². The van der Waals surface area contributed by atoms with Gasteiger partial charge in [-0.1, -0.05) is 43.3 Å². The SMILES string of the molecule is C=CCN(C(=O)C1N(CCO)C(=O)[C@@H]2[C@H](C(=O)OCC)[C@]3(CC)CCC12O3)c1ccc2ccccc2c1. The molecule has 8 heteroatoms. The van der Waals surface area contributed by atoms with Crippen molar-refractivity contribution in [2.45, 2.75) is 50.4 Å². The van der Waals surface area contributed by atoms with Gasteiger partial charge >= 0.3 is 5.97 Å². The molecule has 8 nitrogen and oxygen atoms in total. The number of hydrogen-bond acceptors (Lipinski definition) is 6. The number of anilines is 1. The molecule has 3 fully saturated rings. The van der Waals surface area contributed by atoms with Gasteiger partial charge < -0.3 is 24.4 Å². The minimum Gasteiger partial charge on any atom is -0.466 e. The van der Waals surface area contributed by atoms with E-state index in [4.69, 9.17) is 9.47 Å². The average molecular weight is 507 g/mol. The van der Waals surface area contributed by atoms with Crippen LogP contribution in [0.4, 0.5) is 5.69 Å². The molecule has 0 aliphatic carbocycles. The lowest BCUT2D eigenvalue weighted by atomic mass is 9.65. The maximum atomic E-state index is 14.4. The Morgan fingerprint density at radius 3 is 2.65 bits per heavy atom. The number of likely N-dealkylation sites (tertiary alicyclic amines) is 1. The highest BCUT2D eigenvalue weighted by atomic mass is 16.6. The van der Waals surface area contributed by atoms with Crippen LogP contribution < -0.4 is 4.90 Å². The molecule has 1 spiro atoms. The van der Waals surface area contributed by atoms with Crippen molar-refractivity contribution in [2.75, 3.05) is 31.2 Å². The molecule has 196 valence electrons. The molecule has 2 bridgehead atoms. The van der Waals surface area contributed by atoms with Gasteiger partial charge in [-0.2, -0.15) is 0 Å². The Morgan fingerprint density at radius 2 is 1.97 bits per heavy atom. The third-order valence-electron chi connectivity index (χ3n) is 8.42. The summed E-state index contributed by atoms with van der Waals surface area (Å²) in [5.41, 5.74) is -1.32. The Morgan fingerprint density at radius 1 is 1.22 bits per heavy atom. The first-order valence-electron chi connectivity index (χ1n) is 13.1. The smallest absolute Gasteiger partial charge is 0.312 e. The van der Waals surface area contributed by atoms with Crippen molar-refractivity contribution in [2.24, 2.45) is 11.8 Å². The summed E-state index contributed by atoms with van der Waals surface area (Å²) in [5, 5.41) is 11.9. The molecule has 3 saturated heterocycles. The number of amides is 2. The van der Waals surface area contributed by atoms with E-state index in [9.17, 15) is 19.5 Å². The summed E-state index contributed by atoms with van der Waals surface area (Å²) in [7, 11) is 0. The molecule has 3 aliphatic heterocycles. The van der Waals surface area contributed by atoms with Crippen LogP contribution in [0.15, 0.2) is 55.1 Å². The van der Waals surface area contributed by atoms with Gasteiger partial charge in [0, 0.05) is 18.8 Å². The molecule has 3 heterocycles. The lowest BCUT2D eigenvalue weighted by molar-refractivity contribution is -0.160. The van der Waals surface area contributed by atoms with E-state index >= 15 is 0 Å². The van der Waals surface area contributed by atoms with Crippen LogP contribution in [-0.4, -0.2) is 71.3 Å².